The molecule has 2 heteroatoms. The molecule has 190 valence electrons. The summed E-state index contributed by atoms with van der Waals surface area (Å²) >= 11 is 0. The highest BCUT2D eigenvalue weighted by Crippen LogP contribution is 2.46. The SMILES string of the molecule is c1ccc(N(c2ccccc2)c2cc3cccc(N(c4ccccc4)c4ccccc4)c3c3ccccc23)cc1. The Labute approximate surface area is 235 Å². The van der Waals surface area contributed by atoms with Gasteiger partial charge in [0, 0.05) is 33.5 Å². The van der Waals surface area contributed by atoms with Crippen LogP contribution in [-0.4, -0.2) is 0 Å². The molecular weight excluding hydrogens is 484 g/mol. The number of para-hydroxylation sites is 4. The minimum atomic E-state index is 1.13. The second-order valence-electron chi connectivity index (χ2n) is 9.83. The molecule has 0 unspecified atom stereocenters. The van der Waals surface area contributed by atoms with Crippen molar-refractivity contribution in [2.45, 2.75) is 0 Å². The van der Waals surface area contributed by atoms with Crippen LogP contribution in [0, 0.1) is 0 Å². The van der Waals surface area contributed by atoms with Gasteiger partial charge >= 0.3 is 0 Å². The van der Waals surface area contributed by atoms with E-state index in [4.69, 9.17) is 0 Å². The highest BCUT2D eigenvalue weighted by Gasteiger charge is 2.20. The Morgan fingerprint density at radius 2 is 0.700 bits per heavy atom. The molecule has 0 N–H and O–H groups in total. The van der Waals surface area contributed by atoms with Crippen molar-refractivity contribution in [2.24, 2.45) is 0 Å². The molecule has 0 atom stereocenters. The van der Waals surface area contributed by atoms with Crippen LogP contribution in [0.15, 0.2) is 170 Å². The van der Waals surface area contributed by atoms with Gasteiger partial charge in [-0.25, -0.2) is 0 Å². The van der Waals surface area contributed by atoms with Crippen molar-refractivity contribution in [1.82, 2.24) is 0 Å². The average molecular weight is 513 g/mol. The lowest BCUT2D eigenvalue weighted by Crippen LogP contribution is -2.12. The molecule has 0 bridgehead atoms. The number of hydrogen-bond acceptors (Lipinski definition) is 2. The van der Waals surface area contributed by atoms with Gasteiger partial charge in [0.05, 0.1) is 11.4 Å². The van der Waals surface area contributed by atoms with Crippen LogP contribution in [0.3, 0.4) is 0 Å². The average Bonchev–Trinajstić information content (AvgIpc) is 3.03. The van der Waals surface area contributed by atoms with Crippen molar-refractivity contribution in [3.63, 3.8) is 0 Å². The maximum atomic E-state index is 2.36. The van der Waals surface area contributed by atoms with Gasteiger partial charge in [-0.3, -0.25) is 0 Å². The monoisotopic (exact) mass is 512 g/mol. The standard InChI is InChI=1S/C38H28N2/c1-5-17-30(18-6-1)39(31-19-7-2-8-20-31)36-27-15-16-29-28-37(34-25-13-14-26-35(34)38(29)36)40(32-21-9-3-10-22-32)33-23-11-4-12-24-33/h1-28H. The summed E-state index contributed by atoms with van der Waals surface area (Å²) in [4.78, 5) is 4.72. The van der Waals surface area contributed by atoms with Gasteiger partial charge in [-0.15, -0.1) is 0 Å². The van der Waals surface area contributed by atoms with Crippen LogP contribution in [0.1, 0.15) is 0 Å². The first-order chi connectivity index (χ1) is 19.9. The first-order valence-electron chi connectivity index (χ1n) is 13.6. The van der Waals surface area contributed by atoms with Gasteiger partial charge in [-0.2, -0.15) is 0 Å². The van der Waals surface area contributed by atoms with Crippen molar-refractivity contribution in [3.05, 3.63) is 170 Å². The smallest absolute Gasteiger partial charge is 0.0546 e. The van der Waals surface area contributed by atoms with Crippen LogP contribution < -0.4 is 9.80 Å². The molecule has 0 heterocycles. The lowest BCUT2D eigenvalue weighted by Gasteiger charge is -2.30. The molecule has 40 heavy (non-hydrogen) atoms. The number of fused-ring (bicyclic) bond motifs is 3. The third-order valence-corrected chi connectivity index (χ3v) is 7.38. The van der Waals surface area contributed by atoms with Gasteiger partial charge in [0.25, 0.3) is 0 Å². The lowest BCUT2D eigenvalue weighted by molar-refractivity contribution is 1.29. The summed E-state index contributed by atoms with van der Waals surface area (Å²) in [6.07, 6.45) is 0. The zero-order chi connectivity index (χ0) is 26.7. The minimum absolute atomic E-state index is 1.13. The summed E-state index contributed by atoms with van der Waals surface area (Å²) in [5.41, 5.74) is 6.83. The van der Waals surface area contributed by atoms with Gasteiger partial charge in [0.2, 0.25) is 0 Å². The zero-order valence-electron chi connectivity index (χ0n) is 22.1. The van der Waals surface area contributed by atoms with Crippen LogP contribution in [0.4, 0.5) is 34.1 Å². The van der Waals surface area contributed by atoms with E-state index in [-0.39, 0.29) is 0 Å². The van der Waals surface area contributed by atoms with E-state index < -0.39 is 0 Å². The van der Waals surface area contributed by atoms with Crippen molar-refractivity contribution < 1.29 is 0 Å². The summed E-state index contributed by atoms with van der Waals surface area (Å²) in [5, 5.41) is 4.85. The zero-order valence-corrected chi connectivity index (χ0v) is 22.1. The Balaban J connectivity index is 1.54. The quantitative estimate of drug-likeness (QED) is 0.204. The van der Waals surface area contributed by atoms with Crippen LogP contribution in [0.25, 0.3) is 21.5 Å². The van der Waals surface area contributed by atoms with E-state index in [0.717, 1.165) is 34.1 Å². The van der Waals surface area contributed by atoms with E-state index in [1.165, 1.54) is 21.5 Å². The van der Waals surface area contributed by atoms with E-state index in [0.29, 0.717) is 0 Å². The molecule has 7 aromatic rings. The number of hydrogen-bond donors (Lipinski definition) is 0. The van der Waals surface area contributed by atoms with E-state index in [1.54, 1.807) is 0 Å². The molecule has 2 nitrogen and oxygen atoms in total. The molecule has 0 spiro atoms. The Morgan fingerprint density at radius 3 is 1.18 bits per heavy atom. The molecule has 0 aliphatic carbocycles. The molecule has 0 fully saturated rings. The fraction of sp³-hybridized carbons (Fsp3) is 0. The number of benzene rings is 7. The molecular formula is C38H28N2. The summed E-state index contributed by atoms with van der Waals surface area (Å²) in [6, 6.07) is 60.3. The number of nitrogens with zero attached hydrogens (tertiary/aromatic N) is 2. The highest BCUT2D eigenvalue weighted by atomic mass is 15.2. The molecule has 0 aliphatic rings. The van der Waals surface area contributed by atoms with Crippen LogP contribution in [-0.2, 0) is 0 Å². The fourth-order valence-corrected chi connectivity index (χ4v) is 5.65. The predicted molar refractivity (Wildman–Crippen MR) is 171 cm³/mol. The highest BCUT2D eigenvalue weighted by molar-refractivity contribution is 6.19. The van der Waals surface area contributed by atoms with E-state index in [2.05, 4.69) is 180 Å². The van der Waals surface area contributed by atoms with E-state index in [1.807, 2.05) is 0 Å². The third-order valence-electron chi connectivity index (χ3n) is 7.38. The first-order valence-corrected chi connectivity index (χ1v) is 13.6. The second-order valence-corrected chi connectivity index (χ2v) is 9.83. The third kappa shape index (κ3) is 4.26. The maximum absolute atomic E-state index is 2.36. The molecule has 0 amide bonds. The molecule has 0 aromatic heterocycles. The minimum Gasteiger partial charge on any atom is -0.310 e. The second kappa shape index (κ2) is 10.4. The fourth-order valence-electron chi connectivity index (χ4n) is 5.65. The summed E-state index contributed by atoms with van der Waals surface area (Å²) in [7, 11) is 0. The molecule has 0 aliphatic heterocycles. The van der Waals surface area contributed by atoms with Crippen LogP contribution in [0.5, 0.6) is 0 Å². The van der Waals surface area contributed by atoms with Gasteiger partial charge in [0.15, 0.2) is 0 Å². The van der Waals surface area contributed by atoms with Crippen molar-refractivity contribution >= 4 is 55.7 Å². The summed E-state index contributed by atoms with van der Waals surface area (Å²) in [5.74, 6) is 0. The maximum Gasteiger partial charge on any atom is 0.0546 e. The summed E-state index contributed by atoms with van der Waals surface area (Å²) < 4.78 is 0. The number of anilines is 6. The van der Waals surface area contributed by atoms with Gasteiger partial charge in [-0.1, -0.05) is 109 Å². The van der Waals surface area contributed by atoms with Crippen LogP contribution in [0.2, 0.25) is 0 Å². The number of rotatable bonds is 6. The summed E-state index contributed by atoms with van der Waals surface area (Å²) in [6.45, 7) is 0. The Morgan fingerprint density at radius 1 is 0.300 bits per heavy atom. The van der Waals surface area contributed by atoms with Gasteiger partial charge < -0.3 is 9.80 Å². The normalized spacial score (nSPS) is 11.0. The van der Waals surface area contributed by atoms with Crippen LogP contribution >= 0.6 is 0 Å². The predicted octanol–water partition coefficient (Wildman–Crippen LogP) is 10.9. The van der Waals surface area contributed by atoms with Crippen molar-refractivity contribution in [3.8, 4) is 0 Å². The van der Waals surface area contributed by atoms with Crippen molar-refractivity contribution in [2.75, 3.05) is 9.80 Å². The van der Waals surface area contributed by atoms with E-state index >= 15 is 0 Å². The molecule has 0 saturated heterocycles. The molecule has 7 rings (SSSR count). The van der Waals surface area contributed by atoms with E-state index in [9.17, 15) is 0 Å². The first kappa shape index (κ1) is 23.8. The Bertz CT molecular complexity index is 1720. The Kier molecular flexibility index (Phi) is 6.20. The topological polar surface area (TPSA) is 6.48 Å². The molecule has 7 aromatic carbocycles. The molecule has 0 saturated carbocycles. The molecule has 0 radical (unpaired) electrons. The van der Waals surface area contributed by atoms with Crippen molar-refractivity contribution in [1.29, 1.82) is 0 Å². The van der Waals surface area contributed by atoms with Gasteiger partial charge in [-0.05, 0) is 71.4 Å². The van der Waals surface area contributed by atoms with Gasteiger partial charge in [0.1, 0.15) is 0 Å². The lowest BCUT2D eigenvalue weighted by atomic mass is 9.96. The Hall–Kier alpha value is -5.34. The largest absolute Gasteiger partial charge is 0.310 e.